The molecule has 86 valence electrons. The van der Waals surface area contributed by atoms with E-state index in [0.29, 0.717) is 5.39 Å². The average molecular weight is 297 g/mol. The van der Waals surface area contributed by atoms with Crippen molar-refractivity contribution in [1.82, 2.24) is 9.78 Å². The van der Waals surface area contributed by atoms with Crippen molar-refractivity contribution in [3.63, 3.8) is 0 Å². The highest BCUT2D eigenvalue weighted by Gasteiger charge is 2.29. The number of fused-ring (bicyclic) bond motifs is 1. The minimum absolute atomic E-state index is 0.115. The summed E-state index contributed by atoms with van der Waals surface area (Å²) < 4.78 is 50.5. The van der Waals surface area contributed by atoms with Gasteiger partial charge in [-0.05, 0) is 28.1 Å². The molecule has 0 unspecified atom stereocenters. The molecule has 0 saturated carbocycles. The molecule has 16 heavy (non-hydrogen) atoms. The number of alkyl halides is 3. The molecule has 2 rings (SSSR count). The van der Waals surface area contributed by atoms with Gasteiger partial charge in [0, 0.05) is 5.39 Å². The van der Waals surface area contributed by atoms with Crippen molar-refractivity contribution in [2.75, 3.05) is 0 Å². The van der Waals surface area contributed by atoms with Crippen LogP contribution in [0.2, 0.25) is 0 Å². The first kappa shape index (κ1) is 11.4. The number of nitrogens with zero attached hydrogens (tertiary/aromatic N) is 2. The summed E-state index contributed by atoms with van der Waals surface area (Å²) in [5.74, 6) is -0.529. The summed E-state index contributed by atoms with van der Waals surface area (Å²) in [7, 11) is 0. The molecule has 1 aromatic carbocycles. The van der Waals surface area contributed by atoms with Gasteiger partial charge in [0.2, 0.25) is 0 Å². The monoisotopic (exact) mass is 296 g/mol. The molecule has 0 spiro atoms. The molecule has 0 amide bonds. The lowest BCUT2D eigenvalue weighted by Gasteiger charge is -2.07. The quantitative estimate of drug-likeness (QED) is 0.737. The van der Waals surface area contributed by atoms with E-state index in [1.807, 2.05) is 0 Å². The Labute approximate surface area is 96.0 Å². The van der Waals surface area contributed by atoms with Crippen molar-refractivity contribution in [1.29, 1.82) is 0 Å². The Morgan fingerprint density at radius 3 is 2.62 bits per heavy atom. The number of aromatic nitrogens is 2. The van der Waals surface area contributed by atoms with E-state index >= 15 is 0 Å². The summed E-state index contributed by atoms with van der Waals surface area (Å²) in [6, 6.07) is 2.42. The zero-order chi connectivity index (χ0) is 11.9. The van der Waals surface area contributed by atoms with Crippen LogP contribution in [0, 0.1) is 5.82 Å². The van der Waals surface area contributed by atoms with Gasteiger partial charge in [-0.2, -0.15) is 18.3 Å². The molecular formula is C9H5BrF4N2. The fourth-order valence-electron chi connectivity index (χ4n) is 1.37. The van der Waals surface area contributed by atoms with Gasteiger partial charge in [-0.3, -0.25) is 4.68 Å². The average Bonchev–Trinajstić information content (AvgIpc) is 2.47. The maximum absolute atomic E-state index is 13.1. The summed E-state index contributed by atoms with van der Waals surface area (Å²) in [6.45, 7) is -1.19. The van der Waals surface area contributed by atoms with Crippen LogP contribution in [-0.2, 0) is 6.54 Å². The van der Waals surface area contributed by atoms with Gasteiger partial charge in [0.25, 0.3) is 0 Å². The van der Waals surface area contributed by atoms with Gasteiger partial charge < -0.3 is 0 Å². The largest absolute Gasteiger partial charge is 0.408 e. The zero-order valence-electron chi connectivity index (χ0n) is 7.72. The van der Waals surface area contributed by atoms with Gasteiger partial charge in [-0.15, -0.1) is 0 Å². The number of halogens is 5. The highest BCUT2D eigenvalue weighted by molar-refractivity contribution is 9.10. The first-order valence-corrected chi connectivity index (χ1v) is 5.03. The second kappa shape index (κ2) is 3.73. The lowest BCUT2D eigenvalue weighted by molar-refractivity contribution is -0.141. The van der Waals surface area contributed by atoms with Crippen LogP contribution in [0.5, 0.6) is 0 Å². The SMILES string of the molecule is Fc1cc2cnn(CC(F)(F)F)c2cc1Br. The molecule has 0 radical (unpaired) electrons. The minimum atomic E-state index is -4.35. The topological polar surface area (TPSA) is 17.8 Å². The van der Waals surface area contributed by atoms with E-state index in [4.69, 9.17) is 0 Å². The number of hydrogen-bond acceptors (Lipinski definition) is 1. The number of hydrogen-bond donors (Lipinski definition) is 0. The molecule has 0 saturated heterocycles. The van der Waals surface area contributed by atoms with Gasteiger partial charge in [-0.1, -0.05) is 0 Å². The van der Waals surface area contributed by atoms with Crippen LogP contribution in [-0.4, -0.2) is 16.0 Å². The highest BCUT2D eigenvalue weighted by atomic mass is 79.9. The second-order valence-electron chi connectivity index (χ2n) is 3.24. The minimum Gasteiger partial charge on any atom is -0.256 e. The number of benzene rings is 1. The van der Waals surface area contributed by atoms with Crippen molar-refractivity contribution in [2.45, 2.75) is 12.7 Å². The highest BCUT2D eigenvalue weighted by Crippen LogP contribution is 2.25. The lowest BCUT2D eigenvalue weighted by Crippen LogP contribution is -2.18. The van der Waals surface area contributed by atoms with E-state index in [9.17, 15) is 17.6 Å². The molecular weight excluding hydrogens is 292 g/mol. The van der Waals surface area contributed by atoms with E-state index in [1.54, 1.807) is 0 Å². The molecule has 0 aliphatic carbocycles. The predicted octanol–water partition coefficient (Wildman–Crippen LogP) is 3.50. The van der Waals surface area contributed by atoms with E-state index in [1.165, 1.54) is 12.3 Å². The summed E-state index contributed by atoms with van der Waals surface area (Å²) >= 11 is 2.92. The van der Waals surface area contributed by atoms with Crippen LogP contribution in [0.25, 0.3) is 10.9 Å². The van der Waals surface area contributed by atoms with Gasteiger partial charge in [0.15, 0.2) is 0 Å². The molecule has 1 aromatic heterocycles. The Kier molecular flexibility index (Phi) is 2.65. The Morgan fingerprint density at radius 1 is 1.31 bits per heavy atom. The maximum Gasteiger partial charge on any atom is 0.408 e. The third kappa shape index (κ3) is 2.18. The molecule has 0 aliphatic rings. The van der Waals surface area contributed by atoms with Gasteiger partial charge in [0.1, 0.15) is 12.4 Å². The molecule has 0 aliphatic heterocycles. The molecule has 0 N–H and O–H groups in total. The lowest BCUT2D eigenvalue weighted by atomic mass is 10.2. The van der Waals surface area contributed by atoms with Crippen LogP contribution in [0.1, 0.15) is 0 Å². The van der Waals surface area contributed by atoms with E-state index in [-0.39, 0.29) is 9.99 Å². The van der Waals surface area contributed by atoms with Gasteiger partial charge in [0.05, 0.1) is 16.2 Å². The zero-order valence-corrected chi connectivity index (χ0v) is 9.31. The van der Waals surface area contributed by atoms with Crippen LogP contribution < -0.4 is 0 Å². The summed E-state index contributed by atoms with van der Waals surface area (Å²) in [5.41, 5.74) is 0.241. The normalized spacial score (nSPS) is 12.3. The summed E-state index contributed by atoms with van der Waals surface area (Å²) in [5, 5.41) is 3.91. The predicted molar refractivity (Wildman–Crippen MR) is 53.4 cm³/mol. The molecule has 0 bridgehead atoms. The fourth-order valence-corrected chi connectivity index (χ4v) is 1.70. The second-order valence-corrected chi connectivity index (χ2v) is 4.10. The molecule has 1 heterocycles. The first-order valence-electron chi connectivity index (χ1n) is 4.24. The van der Waals surface area contributed by atoms with Crippen LogP contribution in [0.4, 0.5) is 17.6 Å². The summed E-state index contributed by atoms with van der Waals surface area (Å²) in [6.07, 6.45) is -3.14. The Hall–Kier alpha value is -1.11. The molecule has 0 atom stereocenters. The van der Waals surface area contributed by atoms with Gasteiger partial charge >= 0.3 is 6.18 Å². The van der Waals surface area contributed by atoms with Crippen molar-refractivity contribution in [3.05, 3.63) is 28.6 Å². The first-order chi connectivity index (χ1) is 7.37. The molecule has 2 aromatic rings. The van der Waals surface area contributed by atoms with E-state index in [2.05, 4.69) is 21.0 Å². The van der Waals surface area contributed by atoms with Crippen LogP contribution in [0.15, 0.2) is 22.8 Å². The Morgan fingerprint density at radius 2 is 2.00 bits per heavy atom. The van der Waals surface area contributed by atoms with Crippen LogP contribution >= 0.6 is 15.9 Å². The van der Waals surface area contributed by atoms with Crippen molar-refractivity contribution in [3.8, 4) is 0 Å². The third-order valence-corrected chi connectivity index (χ3v) is 2.62. The maximum atomic E-state index is 13.1. The standard InChI is InChI=1S/C9H5BrF4N2/c10-6-2-8-5(1-7(6)11)3-15-16(8)4-9(12,13)14/h1-3H,4H2. The molecule has 7 heteroatoms. The van der Waals surface area contributed by atoms with E-state index in [0.717, 1.165) is 10.7 Å². The van der Waals surface area contributed by atoms with Crippen molar-refractivity contribution >= 4 is 26.8 Å². The summed E-state index contributed by atoms with van der Waals surface area (Å²) in [4.78, 5) is 0. The van der Waals surface area contributed by atoms with Crippen molar-refractivity contribution < 1.29 is 17.6 Å². The van der Waals surface area contributed by atoms with Gasteiger partial charge in [-0.25, -0.2) is 4.39 Å². The van der Waals surface area contributed by atoms with Crippen molar-refractivity contribution in [2.24, 2.45) is 0 Å². The fraction of sp³-hybridized carbons (Fsp3) is 0.222. The smallest absolute Gasteiger partial charge is 0.256 e. The van der Waals surface area contributed by atoms with E-state index < -0.39 is 18.5 Å². The van der Waals surface area contributed by atoms with Crippen LogP contribution in [0.3, 0.4) is 0 Å². The molecule has 0 fully saturated rings. The molecule has 2 nitrogen and oxygen atoms in total. The Balaban J connectivity index is 2.52. The third-order valence-electron chi connectivity index (χ3n) is 2.01. The Bertz CT molecular complexity index is 532. The number of rotatable bonds is 1.